The Balaban J connectivity index is 3.99. The Hall–Kier alpha value is -0.720. The Bertz CT molecular complexity index is 387. The van der Waals surface area contributed by atoms with E-state index in [9.17, 15) is 14.3 Å². The van der Waals surface area contributed by atoms with Gasteiger partial charge in [0.05, 0.1) is 40.4 Å². The lowest BCUT2D eigenvalue weighted by atomic mass is 10.0. The highest BCUT2D eigenvalue weighted by Crippen LogP contribution is 2.31. The molecule has 0 heterocycles. The van der Waals surface area contributed by atoms with Gasteiger partial charge in [-0.1, -0.05) is 6.58 Å². The smallest absolute Gasteiger partial charge is 0.330 e. The standard InChI is InChI=1S/C14H28NO6P/c1-5-14(16)20-11-8-6-7-9-13(15(2,3)4)10-12-21-22(17,18)19/h5,13H,1,6-12H2,2-4H3,(H-,17,18,19). The molecule has 0 radical (unpaired) electrons. The van der Waals surface area contributed by atoms with E-state index < -0.39 is 13.8 Å². The number of ether oxygens (including phenoxy) is 1. The monoisotopic (exact) mass is 337 g/mol. The highest BCUT2D eigenvalue weighted by atomic mass is 31.2. The lowest BCUT2D eigenvalue weighted by Crippen LogP contribution is -2.45. The van der Waals surface area contributed by atoms with Crippen molar-refractivity contribution in [1.29, 1.82) is 0 Å². The first-order valence-electron chi connectivity index (χ1n) is 7.35. The van der Waals surface area contributed by atoms with E-state index in [1.165, 1.54) is 0 Å². The molecule has 0 fully saturated rings. The number of unbranched alkanes of at least 4 members (excludes halogenated alkanes) is 2. The summed E-state index contributed by atoms with van der Waals surface area (Å²) in [7, 11) is 1.46. The van der Waals surface area contributed by atoms with Crippen molar-refractivity contribution >= 4 is 13.8 Å². The molecule has 0 rings (SSSR count). The summed E-state index contributed by atoms with van der Waals surface area (Å²) in [5.41, 5.74) is 0. The number of esters is 1. The Labute approximate surface area is 132 Å². The van der Waals surface area contributed by atoms with Gasteiger partial charge >= 0.3 is 5.97 Å². The van der Waals surface area contributed by atoms with Gasteiger partial charge in [0, 0.05) is 12.5 Å². The summed E-state index contributed by atoms with van der Waals surface area (Å²) in [6.45, 7) is 3.69. The number of hydrogen-bond acceptors (Lipinski definition) is 5. The van der Waals surface area contributed by atoms with Crippen molar-refractivity contribution in [2.75, 3.05) is 34.4 Å². The lowest BCUT2D eigenvalue weighted by molar-refractivity contribution is -0.896. The molecular weight excluding hydrogens is 309 g/mol. The van der Waals surface area contributed by atoms with Crippen molar-refractivity contribution in [3.8, 4) is 0 Å². The molecule has 0 aliphatic rings. The molecule has 1 N–H and O–H groups in total. The normalized spacial score (nSPS) is 15.9. The van der Waals surface area contributed by atoms with Crippen LogP contribution < -0.4 is 4.89 Å². The molecule has 0 aromatic rings. The Morgan fingerprint density at radius 2 is 1.91 bits per heavy atom. The topological polar surface area (TPSA) is 95.9 Å². The van der Waals surface area contributed by atoms with Crippen molar-refractivity contribution in [2.24, 2.45) is 0 Å². The van der Waals surface area contributed by atoms with Gasteiger partial charge in [0.25, 0.3) is 7.82 Å². The average molecular weight is 337 g/mol. The van der Waals surface area contributed by atoms with E-state index >= 15 is 0 Å². The number of carbonyl (C=O) groups excluding carboxylic acids is 1. The number of rotatable bonds is 12. The second-order valence-corrected chi connectivity index (χ2v) is 7.28. The van der Waals surface area contributed by atoms with Gasteiger partial charge in [-0.05, 0) is 25.7 Å². The highest BCUT2D eigenvalue weighted by Gasteiger charge is 2.23. The van der Waals surface area contributed by atoms with E-state index in [4.69, 9.17) is 9.63 Å². The average Bonchev–Trinajstić information content (AvgIpc) is 2.37. The molecule has 0 aliphatic heterocycles. The summed E-state index contributed by atoms with van der Waals surface area (Å²) in [5.74, 6) is -0.410. The van der Waals surface area contributed by atoms with Crippen LogP contribution in [0.1, 0.15) is 32.1 Å². The molecule has 0 aromatic heterocycles. The first-order chi connectivity index (χ1) is 10.1. The second-order valence-electron chi connectivity index (χ2n) is 6.08. The van der Waals surface area contributed by atoms with Gasteiger partial charge in [-0.25, -0.2) is 4.79 Å². The van der Waals surface area contributed by atoms with Crippen LogP contribution in [0.25, 0.3) is 0 Å². The number of nitrogens with zero attached hydrogens (tertiary/aromatic N) is 1. The van der Waals surface area contributed by atoms with E-state index in [0.29, 0.717) is 17.5 Å². The molecule has 0 saturated heterocycles. The first kappa shape index (κ1) is 21.3. The van der Waals surface area contributed by atoms with Gasteiger partial charge < -0.3 is 23.5 Å². The molecule has 0 bridgehead atoms. The molecule has 0 spiro atoms. The fraction of sp³-hybridized carbons (Fsp3) is 0.786. The van der Waals surface area contributed by atoms with E-state index in [0.717, 1.165) is 31.8 Å². The summed E-state index contributed by atoms with van der Waals surface area (Å²) in [5, 5.41) is 0. The zero-order valence-corrected chi connectivity index (χ0v) is 14.6. The summed E-state index contributed by atoms with van der Waals surface area (Å²) in [6.07, 6.45) is 5.23. The van der Waals surface area contributed by atoms with Gasteiger partial charge in [0.15, 0.2) is 0 Å². The maximum absolute atomic E-state index is 10.9. The minimum absolute atomic E-state index is 0.0194. The molecule has 2 atom stereocenters. The predicted molar refractivity (Wildman–Crippen MR) is 81.8 cm³/mol. The number of carbonyl (C=O) groups is 1. The van der Waals surface area contributed by atoms with Gasteiger partial charge in [-0.2, -0.15) is 0 Å². The zero-order valence-electron chi connectivity index (χ0n) is 13.7. The van der Waals surface area contributed by atoms with Crippen LogP contribution in [0.15, 0.2) is 12.7 Å². The molecule has 130 valence electrons. The van der Waals surface area contributed by atoms with Crippen LogP contribution in [0, 0.1) is 0 Å². The number of quaternary nitrogens is 1. The van der Waals surface area contributed by atoms with Gasteiger partial charge in [0.1, 0.15) is 0 Å². The molecule has 2 unspecified atom stereocenters. The zero-order chi connectivity index (χ0) is 17.2. The number of hydrogen-bond donors (Lipinski definition) is 1. The Morgan fingerprint density at radius 3 is 2.41 bits per heavy atom. The summed E-state index contributed by atoms with van der Waals surface area (Å²) in [4.78, 5) is 30.0. The summed E-state index contributed by atoms with van der Waals surface area (Å²) in [6, 6.07) is 0.224. The molecule has 0 saturated carbocycles. The van der Waals surface area contributed by atoms with Crippen molar-refractivity contribution in [3.05, 3.63) is 12.7 Å². The van der Waals surface area contributed by atoms with Crippen LogP contribution in [-0.4, -0.2) is 55.7 Å². The number of phosphoric acid groups is 1. The molecule has 0 aliphatic carbocycles. The number of phosphoric ester groups is 1. The third-order valence-corrected chi connectivity index (χ3v) is 3.90. The molecular formula is C14H28NO6P. The largest absolute Gasteiger partial charge is 0.756 e. The first-order valence-corrected chi connectivity index (χ1v) is 8.84. The van der Waals surface area contributed by atoms with Gasteiger partial charge in [0.2, 0.25) is 0 Å². The van der Waals surface area contributed by atoms with Gasteiger partial charge in [-0.3, -0.25) is 4.57 Å². The van der Waals surface area contributed by atoms with E-state index in [2.05, 4.69) is 11.1 Å². The van der Waals surface area contributed by atoms with Crippen molar-refractivity contribution in [1.82, 2.24) is 0 Å². The van der Waals surface area contributed by atoms with Crippen molar-refractivity contribution < 1.29 is 32.9 Å². The predicted octanol–water partition coefficient (Wildman–Crippen LogP) is 1.22. The minimum atomic E-state index is -4.64. The Morgan fingerprint density at radius 1 is 1.27 bits per heavy atom. The maximum Gasteiger partial charge on any atom is 0.330 e. The quantitative estimate of drug-likeness (QED) is 0.189. The van der Waals surface area contributed by atoms with Gasteiger partial charge in [-0.15, -0.1) is 0 Å². The fourth-order valence-corrected chi connectivity index (χ4v) is 2.45. The van der Waals surface area contributed by atoms with Crippen LogP contribution in [-0.2, 0) is 18.6 Å². The third kappa shape index (κ3) is 11.9. The second kappa shape index (κ2) is 10.1. The minimum Gasteiger partial charge on any atom is -0.756 e. The van der Waals surface area contributed by atoms with Crippen LogP contribution in [0.4, 0.5) is 0 Å². The van der Waals surface area contributed by atoms with Crippen LogP contribution >= 0.6 is 7.82 Å². The summed E-state index contributed by atoms with van der Waals surface area (Å²) >= 11 is 0. The molecule has 8 heteroatoms. The lowest BCUT2D eigenvalue weighted by Gasteiger charge is -2.34. The fourth-order valence-electron chi connectivity index (χ4n) is 2.11. The van der Waals surface area contributed by atoms with E-state index in [1.807, 2.05) is 21.1 Å². The maximum atomic E-state index is 10.9. The highest BCUT2D eigenvalue weighted by molar-refractivity contribution is 7.44. The van der Waals surface area contributed by atoms with Crippen LogP contribution in [0.2, 0.25) is 0 Å². The SMILES string of the molecule is C=CC(=O)OCCCCCC(CCOP(=O)([O-])O)[N+](C)(C)C. The Kier molecular flexibility index (Phi) is 9.80. The third-order valence-electron chi connectivity index (χ3n) is 3.39. The van der Waals surface area contributed by atoms with Crippen molar-refractivity contribution in [2.45, 2.75) is 38.1 Å². The van der Waals surface area contributed by atoms with Crippen LogP contribution in [0.5, 0.6) is 0 Å². The molecule has 22 heavy (non-hydrogen) atoms. The van der Waals surface area contributed by atoms with Crippen LogP contribution in [0.3, 0.4) is 0 Å². The molecule has 0 aromatic carbocycles. The van der Waals surface area contributed by atoms with Crippen molar-refractivity contribution in [3.63, 3.8) is 0 Å². The van der Waals surface area contributed by atoms with E-state index in [1.54, 1.807) is 0 Å². The van der Waals surface area contributed by atoms with E-state index in [-0.39, 0.29) is 12.6 Å². The molecule has 7 nitrogen and oxygen atoms in total. The summed E-state index contributed by atoms with van der Waals surface area (Å²) < 4.78 is 20.6. The molecule has 0 amide bonds.